The van der Waals surface area contributed by atoms with Crippen LogP contribution in [0, 0.1) is 0 Å². The highest BCUT2D eigenvalue weighted by molar-refractivity contribution is 7.87. The van der Waals surface area contributed by atoms with Crippen LogP contribution in [0.2, 0.25) is 0 Å². The van der Waals surface area contributed by atoms with Crippen LogP contribution in [0.4, 0.5) is 39.5 Å². The number of halogens is 9. The average molecular weight is 875 g/mol. The number of rotatable bonds is 16. The summed E-state index contributed by atoms with van der Waals surface area (Å²) in [5.41, 5.74) is -6.16. The van der Waals surface area contributed by atoms with E-state index < -0.39 is 70.5 Å². The van der Waals surface area contributed by atoms with Crippen LogP contribution >= 0.6 is 0 Å². The third-order valence-electron chi connectivity index (χ3n) is 7.29. The van der Waals surface area contributed by atoms with Gasteiger partial charge >= 0.3 is 51.9 Å². The summed E-state index contributed by atoms with van der Waals surface area (Å²) < 4.78 is 159. The van der Waals surface area contributed by atoms with E-state index in [2.05, 4.69) is 23.1 Å². The largest absolute Gasteiger partial charge is 0.523 e. The molecule has 0 aliphatic rings. The normalized spacial score (nSPS) is 12.7. The van der Waals surface area contributed by atoms with Crippen molar-refractivity contribution in [2.24, 2.45) is 0 Å². The molecule has 0 aliphatic carbocycles. The summed E-state index contributed by atoms with van der Waals surface area (Å²) in [6, 6.07) is 7.16. The van der Waals surface area contributed by atoms with Crippen molar-refractivity contribution in [2.75, 3.05) is 28.4 Å². The quantitative estimate of drug-likeness (QED) is 0.0425. The van der Waals surface area contributed by atoms with Gasteiger partial charge < -0.3 is 28.8 Å². The zero-order valence-electron chi connectivity index (χ0n) is 31.9. The van der Waals surface area contributed by atoms with Gasteiger partial charge in [0.25, 0.3) is 0 Å². The van der Waals surface area contributed by atoms with Gasteiger partial charge in [0.2, 0.25) is 0 Å². The fraction of sp³-hybridized carbons (Fsp3) is 0.543. The molecule has 0 fully saturated rings. The van der Waals surface area contributed by atoms with Crippen LogP contribution < -0.4 is 4.74 Å². The molecular formula is C35H43F9O13S. The van der Waals surface area contributed by atoms with E-state index in [0.717, 1.165) is 32.8 Å². The lowest BCUT2D eigenvalue weighted by Gasteiger charge is -2.22. The Labute approximate surface area is 327 Å². The molecule has 0 spiro atoms. The molecule has 330 valence electrons. The number of benzene rings is 2. The van der Waals surface area contributed by atoms with Crippen LogP contribution in [0.1, 0.15) is 107 Å². The first-order valence-electron chi connectivity index (χ1n) is 16.9. The van der Waals surface area contributed by atoms with Crippen LogP contribution in [0.3, 0.4) is 0 Å². The fourth-order valence-corrected chi connectivity index (χ4v) is 4.97. The Kier molecular flexibility index (Phi) is 22.2. The van der Waals surface area contributed by atoms with E-state index in [1.165, 1.54) is 38.5 Å². The first kappa shape index (κ1) is 53.2. The maximum atomic E-state index is 13.1. The summed E-state index contributed by atoms with van der Waals surface area (Å²) >= 11 is 0. The number of carbonyl (C=O) groups excluding carboxylic acids is 4. The van der Waals surface area contributed by atoms with E-state index >= 15 is 0 Å². The second kappa shape index (κ2) is 24.2. The molecule has 2 rings (SSSR count). The van der Waals surface area contributed by atoms with Gasteiger partial charge in [-0.2, -0.15) is 47.9 Å². The number of carbonyl (C=O) groups is 4. The Hall–Kier alpha value is -4.80. The third-order valence-corrected chi connectivity index (χ3v) is 8.34. The number of aromatic hydroxyl groups is 1. The van der Waals surface area contributed by atoms with Crippen molar-refractivity contribution < 1.29 is 100 Å². The van der Waals surface area contributed by atoms with E-state index in [9.17, 15) is 72.2 Å². The summed E-state index contributed by atoms with van der Waals surface area (Å²) in [4.78, 5) is 46.0. The molecule has 0 bridgehead atoms. The van der Waals surface area contributed by atoms with Crippen molar-refractivity contribution in [1.82, 2.24) is 0 Å². The second-order valence-corrected chi connectivity index (χ2v) is 13.1. The van der Waals surface area contributed by atoms with Crippen LogP contribution in [0.25, 0.3) is 0 Å². The number of alkyl halides is 9. The maximum absolute atomic E-state index is 13.1. The van der Waals surface area contributed by atoms with Gasteiger partial charge in [0.15, 0.2) is 12.2 Å². The molecule has 0 saturated heterocycles. The number of phenols is 1. The Morgan fingerprint density at radius 3 is 1.34 bits per heavy atom. The molecule has 0 saturated carbocycles. The van der Waals surface area contributed by atoms with Crippen LogP contribution in [0.5, 0.6) is 11.5 Å². The first-order chi connectivity index (χ1) is 26.8. The molecule has 0 amide bonds. The zero-order valence-corrected chi connectivity index (χ0v) is 32.7. The van der Waals surface area contributed by atoms with Crippen molar-refractivity contribution >= 4 is 34.0 Å². The minimum absolute atomic E-state index is 0.0237. The Balaban J connectivity index is 0.000000873. The number of hydrogen-bond acceptors (Lipinski definition) is 13. The number of phenolic OH excluding ortho intramolecular Hbond substituents is 1. The minimum atomic E-state index is -6.24. The zero-order chi connectivity index (χ0) is 45.1. The predicted octanol–water partition coefficient (Wildman–Crippen LogP) is 8.48. The number of methoxy groups -OCH3 is 4. The second-order valence-electron chi connectivity index (χ2n) is 11.6. The van der Waals surface area contributed by atoms with Gasteiger partial charge in [0.05, 0.1) is 50.7 Å². The van der Waals surface area contributed by atoms with Gasteiger partial charge in [-0.25, -0.2) is 19.2 Å². The maximum Gasteiger partial charge on any atom is 0.523 e. The number of esters is 4. The smallest absolute Gasteiger partial charge is 0.508 e. The SMILES string of the molecule is CCCCCC(OS(=O)(=O)C(F)(F)F)C(F)(F)F.CCCCCC(Oc1ccc(C(=O)OC)c(C(=O)OC)c1)C(F)(F)F.COC(=O)c1ccc(O)cc1C(=O)OC. The summed E-state index contributed by atoms with van der Waals surface area (Å²) in [6.45, 7) is 3.56. The molecule has 13 nitrogen and oxygen atoms in total. The first-order valence-corrected chi connectivity index (χ1v) is 18.3. The van der Waals surface area contributed by atoms with Crippen molar-refractivity contribution in [3.8, 4) is 11.5 Å². The highest BCUT2D eigenvalue weighted by Gasteiger charge is 2.53. The Bertz CT molecular complexity index is 1740. The van der Waals surface area contributed by atoms with E-state index in [-0.39, 0.29) is 46.6 Å². The van der Waals surface area contributed by atoms with Crippen molar-refractivity contribution in [1.29, 1.82) is 0 Å². The minimum Gasteiger partial charge on any atom is -0.508 e. The Morgan fingerprint density at radius 1 is 0.586 bits per heavy atom. The summed E-state index contributed by atoms with van der Waals surface area (Å²) in [5, 5.41) is 9.18. The lowest BCUT2D eigenvalue weighted by atomic mass is 10.1. The van der Waals surface area contributed by atoms with E-state index in [4.69, 9.17) is 4.74 Å². The molecule has 0 radical (unpaired) electrons. The number of unbranched alkanes of at least 4 members (excludes halogenated alkanes) is 4. The van der Waals surface area contributed by atoms with Gasteiger partial charge in [0, 0.05) is 0 Å². The summed E-state index contributed by atoms with van der Waals surface area (Å²) in [5.74, 6) is -3.33. The van der Waals surface area contributed by atoms with Gasteiger partial charge in [-0.05, 0) is 55.7 Å². The summed E-state index contributed by atoms with van der Waals surface area (Å²) in [7, 11) is -1.62. The topological polar surface area (TPSA) is 178 Å². The number of ether oxygens (including phenoxy) is 5. The molecule has 0 aliphatic heterocycles. The lowest BCUT2D eigenvalue weighted by molar-refractivity contribution is -0.199. The molecule has 2 atom stereocenters. The van der Waals surface area contributed by atoms with E-state index in [1.807, 2.05) is 6.92 Å². The molecular weight excluding hydrogens is 831 g/mol. The van der Waals surface area contributed by atoms with Crippen LogP contribution in [-0.4, -0.2) is 95.9 Å². The molecule has 0 aromatic heterocycles. The van der Waals surface area contributed by atoms with Crippen LogP contribution in [0.15, 0.2) is 36.4 Å². The van der Waals surface area contributed by atoms with Gasteiger partial charge in [-0.15, -0.1) is 0 Å². The average Bonchev–Trinajstić information content (AvgIpc) is 3.15. The molecule has 23 heteroatoms. The molecule has 1 N–H and O–H groups in total. The Morgan fingerprint density at radius 2 is 0.966 bits per heavy atom. The highest BCUT2D eigenvalue weighted by Crippen LogP contribution is 2.34. The fourth-order valence-electron chi connectivity index (χ4n) is 4.35. The van der Waals surface area contributed by atoms with Gasteiger partial charge in [-0.1, -0.05) is 46.0 Å². The number of hydrogen-bond donors (Lipinski definition) is 1. The highest BCUT2D eigenvalue weighted by atomic mass is 32.2. The third kappa shape index (κ3) is 17.8. The van der Waals surface area contributed by atoms with Crippen molar-refractivity contribution in [2.45, 2.75) is 95.3 Å². The van der Waals surface area contributed by atoms with Crippen molar-refractivity contribution in [3.63, 3.8) is 0 Å². The van der Waals surface area contributed by atoms with E-state index in [0.29, 0.717) is 25.7 Å². The van der Waals surface area contributed by atoms with Gasteiger partial charge in [0.1, 0.15) is 11.5 Å². The van der Waals surface area contributed by atoms with Crippen molar-refractivity contribution in [3.05, 3.63) is 58.7 Å². The van der Waals surface area contributed by atoms with Gasteiger partial charge in [-0.3, -0.25) is 4.18 Å². The van der Waals surface area contributed by atoms with Crippen LogP contribution in [-0.2, 0) is 33.2 Å². The monoisotopic (exact) mass is 874 g/mol. The summed E-state index contributed by atoms with van der Waals surface area (Å²) in [6.07, 6.45) is -13.1. The molecule has 2 aromatic carbocycles. The molecule has 58 heavy (non-hydrogen) atoms. The molecule has 2 unspecified atom stereocenters. The predicted molar refractivity (Wildman–Crippen MR) is 185 cm³/mol. The molecule has 2 aromatic rings. The molecule has 0 heterocycles. The standard InChI is InChI=1S/C17H21F3O5.C10H10O5.C8H12F6O3S/c1-4-5-6-7-14(17(18,19)20)25-11-8-9-12(15(21)23-2)13(10-11)16(22)24-3;1-14-9(12)7-4-3-6(11)5-8(7)10(13)15-2;1-2-3-4-5-6(7(9,10)11)17-18(15,16)8(12,13)14/h8-10,14H,4-7H2,1-3H3;3-5,11H,1-2H3;6H,2-5H2,1H3. The van der Waals surface area contributed by atoms with E-state index in [1.54, 1.807) is 6.92 Å². The lowest BCUT2D eigenvalue weighted by Crippen LogP contribution is -2.38.